The molecule has 1 aliphatic heterocycles. The summed E-state index contributed by atoms with van der Waals surface area (Å²) in [6.07, 6.45) is -3.11. The highest BCUT2D eigenvalue weighted by atomic mass is 32.2. The average molecular weight is 464 g/mol. The number of aromatic nitrogens is 2. The number of rotatable bonds is 5. The minimum atomic E-state index is -4.71. The second-order valence-corrected chi connectivity index (χ2v) is 8.84. The Morgan fingerprint density at radius 1 is 1.16 bits per heavy atom. The normalized spacial score (nSPS) is 15.5. The van der Waals surface area contributed by atoms with E-state index in [1.165, 1.54) is 12.6 Å². The van der Waals surface area contributed by atoms with Gasteiger partial charge in [-0.1, -0.05) is 0 Å². The summed E-state index contributed by atoms with van der Waals surface area (Å²) >= 11 is 1.58. The first-order valence-corrected chi connectivity index (χ1v) is 11.1. The predicted octanol–water partition coefficient (Wildman–Crippen LogP) is 3.80. The van der Waals surface area contributed by atoms with Gasteiger partial charge in [-0.15, -0.1) is 0 Å². The maximum atomic E-state index is 13.2. The van der Waals surface area contributed by atoms with Crippen molar-refractivity contribution in [3.05, 3.63) is 63.6 Å². The van der Waals surface area contributed by atoms with E-state index in [1.807, 2.05) is 7.05 Å². The van der Waals surface area contributed by atoms with Crippen LogP contribution in [0.1, 0.15) is 16.7 Å². The van der Waals surface area contributed by atoms with E-state index in [0.29, 0.717) is 12.1 Å². The Kier molecular flexibility index (Phi) is 6.45. The lowest BCUT2D eigenvalue weighted by molar-refractivity contribution is -0.139. The Labute approximate surface area is 188 Å². The van der Waals surface area contributed by atoms with Crippen LogP contribution in [-0.4, -0.2) is 48.1 Å². The highest BCUT2D eigenvalue weighted by molar-refractivity contribution is 7.97. The number of aryl methyl sites for hydroxylation is 1. The van der Waals surface area contributed by atoms with Gasteiger partial charge < -0.3 is 9.88 Å². The number of alkyl halides is 3. The Morgan fingerprint density at radius 2 is 1.84 bits per heavy atom. The van der Waals surface area contributed by atoms with E-state index >= 15 is 0 Å². The molecule has 0 unspecified atom stereocenters. The molecule has 1 aromatic carbocycles. The summed E-state index contributed by atoms with van der Waals surface area (Å²) in [5.41, 5.74) is 0.0884. The number of halogens is 3. The number of nitrogens with one attached hydrogen (secondary N) is 2. The van der Waals surface area contributed by atoms with Crippen LogP contribution in [-0.2, 0) is 12.7 Å². The first-order chi connectivity index (χ1) is 15.3. The molecule has 170 valence electrons. The summed E-state index contributed by atoms with van der Waals surface area (Å²) in [5.74, 6) is 0. The maximum Gasteiger partial charge on any atom is 0.422 e. The van der Waals surface area contributed by atoms with Gasteiger partial charge in [-0.2, -0.15) is 13.2 Å². The van der Waals surface area contributed by atoms with Crippen LogP contribution in [0, 0.1) is 6.92 Å². The van der Waals surface area contributed by atoms with Crippen molar-refractivity contribution in [1.29, 1.82) is 0 Å². The van der Waals surface area contributed by atoms with E-state index < -0.39 is 17.3 Å². The molecule has 32 heavy (non-hydrogen) atoms. The van der Waals surface area contributed by atoms with E-state index in [2.05, 4.69) is 48.8 Å². The summed E-state index contributed by atoms with van der Waals surface area (Å²) in [5, 5.41) is 0. The first-order valence-electron chi connectivity index (χ1n) is 10.3. The van der Waals surface area contributed by atoms with Crippen molar-refractivity contribution in [3.63, 3.8) is 0 Å². The number of nitrogens with zero attached hydrogens (tertiary/aromatic N) is 3. The van der Waals surface area contributed by atoms with Gasteiger partial charge in [-0.05, 0) is 67.4 Å². The lowest BCUT2D eigenvalue weighted by Crippen LogP contribution is -2.45. The van der Waals surface area contributed by atoms with E-state index in [-0.39, 0.29) is 11.1 Å². The standard InChI is InChI=1S/C22H24F3N5OS/c1-14-19(22(23,24)25)21(31)28-18-11-15(12-27-20(14)18)13-29-7-9-30(10-8-29)16-3-5-17(6-4-16)32-26-2/h3-6,11-12,26H,7-10,13H2,1-2H3,(H,28,31). The molecule has 0 amide bonds. The van der Waals surface area contributed by atoms with E-state index in [0.717, 1.165) is 36.6 Å². The number of aromatic amines is 1. The van der Waals surface area contributed by atoms with Crippen molar-refractivity contribution >= 4 is 28.7 Å². The molecular weight excluding hydrogens is 439 g/mol. The van der Waals surface area contributed by atoms with Crippen molar-refractivity contribution in [1.82, 2.24) is 19.6 Å². The van der Waals surface area contributed by atoms with Gasteiger partial charge in [0.2, 0.25) is 0 Å². The topological polar surface area (TPSA) is 64.3 Å². The summed E-state index contributed by atoms with van der Waals surface area (Å²) in [6, 6.07) is 10.2. The molecule has 0 saturated carbocycles. The second kappa shape index (κ2) is 9.13. The van der Waals surface area contributed by atoms with Crippen LogP contribution in [0.5, 0.6) is 0 Å². The number of pyridine rings is 2. The number of hydrogen-bond donors (Lipinski definition) is 2. The molecule has 3 aromatic rings. The third-order valence-corrected chi connectivity index (χ3v) is 6.35. The molecule has 10 heteroatoms. The van der Waals surface area contributed by atoms with Crippen molar-refractivity contribution in [3.8, 4) is 0 Å². The van der Waals surface area contributed by atoms with Gasteiger partial charge in [-0.3, -0.25) is 19.4 Å². The average Bonchev–Trinajstić information content (AvgIpc) is 2.74. The summed E-state index contributed by atoms with van der Waals surface area (Å²) < 4.78 is 42.6. The van der Waals surface area contributed by atoms with Gasteiger partial charge in [-0.25, -0.2) is 0 Å². The smallest absolute Gasteiger partial charge is 0.369 e. The van der Waals surface area contributed by atoms with Gasteiger partial charge in [0.05, 0.1) is 11.0 Å². The number of H-pyrrole nitrogens is 1. The molecule has 4 rings (SSSR count). The molecule has 0 aliphatic carbocycles. The quantitative estimate of drug-likeness (QED) is 0.562. The molecule has 2 aromatic heterocycles. The van der Waals surface area contributed by atoms with Crippen molar-refractivity contribution < 1.29 is 13.2 Å². The van der Waals surface area contributed by atoms with E-state index in [9.17, 15) is 18.0 Å². The highest BCUT2D eigenvalue weighted by Gasteiger charge is 2.36. The molecule has 2 N–H and O–H groups in total. The molecule has 0 atom stereocenters. The van der Waals surface area contributed by atoms with Crippen LogP contribution in [0.25, 0.3) is 11.0 Å². The van der Waals surface area contributed by atoms with Crippen molar-refractivity contribution in [2.24, 2.45) is 0 Å². The fraction of sp³-hybridized carbons (Fsp3) is 0.364. The van der Waals surface area contributed by atoms with E-state index in [4.69, 9.17) is 0 Å². The third kappa shape index (κ3) is 4.77. The number of hydrogen-bond acceptors (Lipinski definition) is 6. The maximum absolute atomic E-state index is 13.2. The predicted molar refractivity (Wildman–Crippen MR) is 121 cm³/mol. The summed E-state index contributed by atoms with van der Waals surface area (Å²) in [4.78, 5) is 24.4. The molecule has 6 nitrogen and oxygen atoms in total. The van der Waals surface area contributed by atoms with Crippen LogP contribution in [0.4, 0.5) is 18.9 Å². The van der Waals surface area contributed by atoms with Crippen LogP contribution in [0.15, 0.2) is 46.2 Å². The SMILES string of the molecule is CNSc1ccc(N2CCN(Cc3cnc4c(C)c(C(F)(F)F)c(=O)[nH]c4c3)CC2)cc1. The zero-order valence-electron chi connectivity index (χ0n) is 17.8. The minimum absolute atomic E-state index is 0.143. The fourth-order valence-electron chi connectivity index (χ4n) is 4.07. The highest BCUT2D eigenvalue weighted by Crippen LogP contribution is 2.31. The van der Waals surface area contributed by atoms with Gasteiger partial charge in [0.15, 0.2) is 0 Å². The molecule has 3 heterocycles. The first kappa shape index (κ1) is 22.6. The van der Waals surface area contributed by atoms with Crippen molar-refractivity contribution in [2.75, 3.05) is 38.1 Å². The Bertz CT molecular complexity index is 1160. The third-order valence-electron chi connectivity index (χ3n) is 5.63. The van der Waals surface area contributed by atoms with Crippen LogP contribution in [0.2, 0.25) is 0 Å². The number of piperazine rings is 1. The summed E-state index contributed by atoms with van der Waals surface area (Å²) in [6.45, 7) is 5.38. The van der Waals surface area contributed by atoms with Gasteiger partial charge in [0.1, 0.15) is 5.56 Å². The Morgan fingerprint density at radius 3 is 2.47 bits per heavy atom. The molecule has 1 aliphatic rings. The van der Waals surface area contributed by atoms with Crippen LogP contribution >= 0.6 is 11.9 Å². The zero-order valence-corrected chi connectivity index (χ0v) is 18.6. The van der Waals surface area contributed by atoms with Gasteiger partial charge in [0, 0.05) is 49.5 Å². The molecule has 0 bridgehead atoms. The monoisotopic (exact) mass is 463 g/mol. The van der Waals surface area contributed by atoms with Crippen LogP contribution in [0.3, 0.4) is 0 Å². The second-order valence-electron chi connectivity index (χ2n) is 7.75. The van der Waals surface area contributed by atoms with E-state index in [1.54, 1.807) is 24.2 Å². The molecule has 0 spiro atoms. The van der Waals surface area contributed by atoms with Gasteiger partial charge in [0.25, 0.3) is 5.56 Å². The number of anilines is 1. The Balaban J connectivity index is 1.44. The molecule has 1 saturated heterocycles. The van der Waals surface area contributed by atoms with Gasteiger partial charge >= 0.3 is 6.18 Å². The molecular formula is C22H24F3N5OS. The van der Waals surface area contributed by atoms with Crippen LogP contribution < -0.4 is 15.2 Å². The zero-order chi connectivity index (χ0) is 22.9. The number of fused-ring (bicyclic) bond motifs is 1. The summed E-state index contributed by atoms with van der Waals surface area (Å²) in [7, 11) is 1.89. The lowest BCUT2D eigenvalue weighted by atomic mass is 10.1. The minimum Gasteiger partial charge on any atom is -0.369 e. The largest absolute Gasteiger partial charge is 0.422 e. The van der Waals surface area contributed by atoms with Crippen molar-refractivity contribution in [2.45, 2.75) is 24.5 Å². The number of benzene rings is 1. The Hall–Kier alpha value is -2.56. The molecule has 1 fully saturated rings. The lowest BCUT2D eigenvalue weighted by Gasteiger charge is -2.36. The fourth-order valence-corrected chi connectivity index (χ4v) is 4.58. The molecule has 0 radical (unpaired) electrons.